The maximum Gasteiger partial charge on any atom is 0.205 e. The quantitative estimate of drug-likeness (QED) is 0.333. The van der Waals surface area contributed by atoms with Gasteiger partial charge in [0.2, 0.25) is 5.13 Å². The van der Waals surface area contributed by atoms with Crippen LogP contribution in [0.15, 0.2) is 34.6 Å². The summed E-state index contributed by atoms with van der Waals surface area (Å²) in [5.41, 5.74) is 8.32. The van der Waals surface area contributed by atoms with Crippen molar-refractivity contribution in [3.05, 3.63) is 24.3 Å². The smallest absolute Gasteiger partial charge is 0.205 e. The first-order valence-corrected chi connectivity index (χ1v) is 5.54. The fourth-order valence-electron chi connectivity index (χ4n) is 1.05. The van der Waals surface area contributed by atoms with Gasteiger partial charge >= 0.3 is 0 Å². The van der Waals surface area contributed by atoms with Crippen molar-refractivity contribution in [1.82, 2.24) is 4.98 Å². The van der Waals surface area contributed by atoms with Crippen molar-refractivity contribution >= 4 is 39.3 Å². The van der Waals surface area contributed by atoms with Crippen molar-refractivity contribution in [1.29, 1.82) is 0 Å². The van der Waals surface area contributed by atoms with Crippen molar-refractivity contribution in [2.45, 2.75) is 5.50 Å². The Morgan fingerprint density at radius 1 is 1.47 bits per heavy atom. The van der Waals surface area contributed by atoms with E-state index in [0.29, 0.717) is 5.13 Å². The van der Waals surface area contributed by atoms with Gasteiger partial charge in [-0.3, -0.25) is 5.73 Å². The number of hydrogen-bond donors (Lipinski definition) is 3. The first-order chi connectivity index (χ1) is 7.25. The fraction of sp³-hybridized carbons (Fsp3) is 0.125. The van der Waals surface area contributed by atoms with Gasteiger partial charge in [-0.15, -0.1) is 17.7 Å². The van der Waals surface area contributed by atoms with Crippen LogP contribution < -0.4 is 11.2 Å². The molecule has 5 nitrogen and oxygen atoms in total. The molecular weight excluding hydrogens is 230 g/mol. The Hall–Kier alpha value is -1.18. The third-order valence-electron chi connectivity index (χ3n) is 1.62. The molecule has 1 atom stereocenters. The van der Waals surface area contributed by atoms with Crippen LogP contribution in [-0.2, 0) is 0 Å². The lowest BCUT2D eigenvalue weighted by atomic mass is 10.3. The Morgan fingerprint density at radius 2 is 2.27 bits per heavy atom. The molecule has 0 aliphatic carbocycles. The fourth-order valence-corrected chi connectivity index (χ4v) is 1.91. The number of thiol groups is 1. The second kappa shape index (κ2) is 4.56. The predicted molar refractivity (Wildman–Crippen MR) is 65.1 cm³/mol. The first-order valence-electron chi connectivity index (χ1n) is 4.21. The highest BCUT2D eigenvalue weighted by atomic mass is 32.1. The lowest BCUT2D eigenvalue weighted by Gasteiger charge is -1.92. The van der Waals surface area contributed by atoms with Crippen molar-refractivity contribution in [2.24, 2.45) is 16.1 Å². The summed E-state index contributed by atoms with van der Waals surface area (Å²) in [4.78, 5) is 4.30. The first kappa shape index (κ1) is 10.3. The molecule has 2 rings (SSSR count). The van der Waals surface area contributed by atoms with Crippen molar-refractivity contribution < 1.29 is 0 Å². The Labute approximate surface area is 95.8 Å². The van der Waals surface area contributed by atoms with E-state index >= 15 is 0 Å². The number of benzene rings is 1. The summed E-state index contributed by atoms with van der Waals surface area (Å²) in [7, 11) is 0. The van der Waals surface area contributed by atoms with Gasteiger partial charge in [-0.2, -0.15) is 0 Å². The molecule has 0 aliphatic heterocycles. The van der Waals surface area contributed by atoms with E-state index in [1.165, 1.54) is 11.3 Å². The third kappa shape index (κ3) is 2.65. The minimum absolute atomic E-state index is 0.605. The molecule has 15 heavy (non-hydrogen) atoms. The number of hydrogen-bond acceptors (Lipinski definition) is 6. The van der Waals surface area contributed by atoms with Gasteiger partial charge in [0.15, 0.2) is 5.50 Å². The summed E-state index contributed by atoms with van der Waals surface area (Å²) >= 11 is 5.36. The van der Waals surface area contributed by atoms with Crippen LogP contribution in [0, 0.1) is 0 Å². The van der Waals surface area contributed by atoms with Crippen LogP contribution >= 0.6 is 24.0 Å². The molecule has 1 heterocycles. The molecule has 0 saturated heterocycles. The standard InChI is InChI=1S/C8H9N5S2/c9-7(14)11-13-12-8-10-5-3-1-2-4-6(5)15-8/h1-4,7,14H,9H2,(H,10,11,12). The summed E-state index contributed by atoms with van der Waals surface area (Å²) in [5.74, 6) is 0. The molecule has 0 aliphatic rings. The zero-order valence-electron chi connectivity index (χ0n) is 7.66. The molecule has 0 saturated carbocycles. The molecule has 0 fully saturated rings. The average molecular weight is 239 g/mol. The molecule has 0 radical (unpaired) electrons. The topological polar surface area (TPSA) is 75.7 Å². The zero-order chi connectivity index (χ0) is 10.7. The van der Waals surface area contributed by atoms with E-state index in [0.717, 1.165) is 10.2 Å². The van der Waals surface area contributed by atoms with Gasteiger partial charge < -0.3 is 0 Å². The molecule has 2 aromatic rings. The van der Waals surface area contributed by atoms with Gasteiger partial charge in [0.1, 0.15) is 0 Å². The van der Waals surface area contributed by atoms with E-state index in [2.05, 4.69) is 33.4 Å². The van der Waals surface area contributed by atoms with E-state index in [1.54, 1.807) is 0 Å². The normalized spacial score (nSPS) is 13.5. The van der Waals surface area contributed by atoms with Crippen LogP contribution in [0.25, 0.3) is 10.2 Å². The van der Waals surface area contributed by atoms with Gasteiger partial charge in [0.05, 0.1) is 10.2 Å². The van der Waals surface area contributed by atoms with E-state index in [-0.39, 0.29) is 0 Å². The molecule has 0 bridgehead atoms. The second-order valence-corrected chi connectivity index (χ2v) is 4.29. The molecule has 3 N–H and O–H groups in total. The Morgan fingerprint density at radius 3 is 3.00 bits per heavy atom. The molecular formula is C8H9N5S2. The van der Waals surface area contributed by atoms with Crippen LogP contribution in [0.4, 0.5) is 5.13 Å². The number of nitrogens with zero attached hydrogens (tertiary/aromatic N) is 3. The largest absolute Gasteiger partial charge is 0.300 e. The number of rotatable bonds is 3. The maximum absolute atomic E-state index is 5.28. The highest BCUT2D eigenvalue weighted by Crippen LogP contribution is 2.25. The highest BCUT2D eigenvalue weighted by Gasteiger charge is 2.00. The van der Waals surface area contributed by atoms with Crippen LogP contribution in [0.5, 0.6) is 0 Å². The SMILES string of the molecule is NC(S)/N=N/Nc1nc2ccccc2s1. The summed E-state index contributed by atoms with van der Waals surface area (Å²) in [6.07, 6.45) is 0. The van der Waals surface area contributed by atoms with Crippen molar-refractivity contribution in [2.75, 3.05) is 5.43 Å². The van der Waals surface area contributed by atoms with E-state index < -0.39 is 5.50 Å². The second-order valence-electron chi connectivity index (χ2n) is 2.73. The number of thiazole rings is 1. The number of anilines is 1. The summed E-state index contributed by atoms with van der Waals surface area (Å²) in [6.45, 7) is 0. The maximum atomic E-state index is 5.28. The van der Waals surface area contributed by atoms with Crippen LogP contribution in [0.2, 0.25) is 0 Å². The summed E-state index contributed by atoms with van der Waals surface area (Å²) < 4.78 is 1.10. The lowest BCUT2D eigenvalue weighted by molar-refractivity contribution is 0.883. The van der Waals surface area contributed by atoms with E-state index in [9.17, 15) is 0 Å². The van der Waals surface area contributed by atoms with Gasteiger partial charge in [-0.1, -0.05) is 28.7 Å². The monoisotopic (exact) mass is 239 g/mol. The summed E-state index contributed by atoms with van der Waals surface area (Å²) in [6, 6.07) is 7.85. The molecule has 78 valence electrons. The third-order valence-corrected chi connectivity index (χ3v) is 2.66. The number of aromatic nitrogens is 1. The molecule has 1 aromatic carbocycles. The number of para-hydroxylation sites is 1. The number of fused-ring (bicyclic) bond motifs is 1. The molecule has 1 aromatic heterocycles. The Balaban J connectivity index is 2.15. The van der Waals surface area contributed by atoms with Gasteiger partial charge in [0.25, 0.3) is 0 Å². The van der Waals surface area contributed by atoms with Crippen molar-refractivity contribution in [3.63, 3.8) is 0 Å². The average Bonchev–Trinajstić information content (AvgIpc) is 2.59. The predicted octanol–water partition coefficient (Wildman–Crippen LogP) is 2.25. The number of nitrogens with one attached hydrogen (secondary N) is 1. The molecule has 7 heteroatoms. The van der Waals surface area contributed by atoms with Crippen LogP contribution in [0.1, 0.15) is 0 Å². The van der Waals surface area contributed by atoms with E-state index in [1.807, 2.05) is 24.3 Å². The van der Waals surface area contributed by atoms with Gasteiger partial charge in [-0.05, 0) is 12.1 Å². The molecule has 0 spiro atoms. The summed E-state index contributed by atoms with van der Waals surface area (Å²) in [5, 5.41) is 7.96. The minimum atomic E-state index is -0.605. The molecule has 1 unspecified atom stereocenters. The van der Waals surface area contributed by atoms with Gasteiger partial charge in [-0.25, -0.2) is 10.4 Å². The van der Waals surface area contributed by atoms with E-state index in [4.69, 9.17) is 5.73 Å². The van der Waals surface area contributed by atoms with Crippen LogP contribution in [-0.4, -0.2) is 10.5 Å². The van der Waals surface area contributed by atoms with Crippen molar-refractivity contribution in [3.8, 4) is 0 Å². The Bertz CT molecular complexity index is 446. The van der Waals surface area contributed by atoms with Gasteiger partial charge in [0, 0.05) is 0 Å². The lowest BCUT2D eigenvalue weighted by Crippen LogP contribution is -2.07. The van der Waals surface area contributed by atoms with Crippen LogP contribution in [0.3, 0.4) is 0 Å². The Kier molecular flexibility index (Phi) is 3.14. The zero-order valence-corrected chi connectivity index (χ0v) is 9.37. The minimum Gasteiger partial charge on any atom is -0.300 e. The number of nitrogens with two attached hydrogens (primary N) is 1. The highest BCUT2D eigenvalue weighted by molar-refractivity contribution is 7.80. The molecule has 0 amide bonds.